The molecule has 5 rings (SSSR count). The van der Waals surface area contributed by atoms with E-state index in [4.69, 9.17) is 8.83 Å². The monoisotopic (exact) mass is 380 g/mol. The molecular weight excluding hydrogens is 356 g/mol. The molecule has 0 spiro atoms. The molecule has 0 N–H and O–H groups in total. The van der Waals surface area contributed by atoms with Crippen LogP contribution >= 0.6 is 0 Å². The largest absolute Gasteiger partial charge is 0.459 e. The van der Waals surface area contributed by atoms with E-state index in [2.05, 4.69) is 11.1 Å². The standard InChI is InChI=1S/C21H24N4O3/c22-13-17-21(28-20(23-17)18-2-1-9-27-18)25-7-5-24(6-8-25)19(26)12-16-11-14-3-4-15(16)10-14/h1-2,9,14-16H,3-8,10-12H2. The van der Waals surface area contributed by atoms with Gasteiger partial charge in [-0.05, 0) is 49.1 Å². The Labute approximate surface area is 163 Å². The molecule has 1 aliphatic heterocycles. The van der Waals surface area contributed by atoms with Crippen LogP contribution in [0.2, 0.25) is 0 Å². The lowest BCUT2D eigenvalue weighted by atomic mass is 9.86. The lowest BCUT2D eigenvalue weighted by Crippen LogP contribution is -2.49. The third-order valence-corrected chi connectivity index (χ3v) is 6.69. The van der Waals surface area contributed by atoms with Crippen molar-refractivity contribution >= 4 is 11.8 Å². The van der Waals surface area contributed by atoms with Gasteiger partial charge in [0.1, 0.15) is 6.07 Å². The summed E-state index contributed by atoms with van der Waals surface area (Å²) in [6.07, 6.45) is 7.52. The number of nitrogens with zero attached hydrogens (tertiary/aromatic N) is 4. The van der Waals surface area contributed by atoms with Crippen molar-refractivity contribution in [3.05, 3.63) is 24.1 Å². The van der Waals surface area contributed by atoms with E-state index >= 15 is 0 Å². The smallest absolute Gasteiger partial charge is 0.266 e. The van der Waals surface area contributed by atoms with Crippen molar-refractivity contribution in [2.24, 2.45) is 17.8 Å². The van der Waals surface area contributed by atoms with Crippen LogP contribution in [0.25, 0.3) is 11.7 Å². The van der Waals surface area contributed by atoms with E-state index in [1.807, 2.05) is 9.80 Å². The Morgan fingerprint density at radius 3 is 2.75 bits per heavy atom. The summed E-state index contributed by atoms with van der Waals surface area (Å²) >= 11 is 0. The molecule has 2 aromatic rings. The molecule has 3 fully saturated rings. The molecular formula is C21H24N4O3. The molecule has 3 atom stereocenters. The van der Waals surface area contributed by atoms with Crippen LogP contribution in [0, 0.1) is 29.1 Å². The second kappa shape index (κ2) is 7.01. The summed E-state index contributed by atoms with van der Waals surface area (Å²) in [6.45, 7) is 2.59. The molecule has 1 amide bonds. The second-order valence-corrected chi connectivity index (χ2v) is 8.27. The van der Waals surface area contributed by atoms with Gasteiger partial charge in [0.25, 0.3) is 5.89 Å². The van der Waals surface area contributed by atoms with Gasteiger partial charge < -0.3 is 18.6 Å². The number of furan rings is 1. The quantitative estimate of drug-likeness (QED) is 0.809. The molecule has 3 heterocycles. The SMILES string of the molecule is N#Cc1nc(-c2ccco2)oc1N1CCN(C(=O)CC2CC3CCC2C3)CC1. The molecule has 2 aliphatic carbocycles. The van der Waals surface area contributed by atoms with Crippen molar-refractivity contribution in [3.8, 4) is 17.7 Å². The third kappa shape index (κ3) is 3.07. The molecule has 28 heavy (non-hydrogen) atoms. The summed E-state index contributed by atoms with van der Waals surface area (Å²) in [5, 5.41) is 9.42. The summed E-state index contributed by atoms with van der Waals surface area (Å²) in [5.41, 5.74) is 0.258. The molecule has 0 radical (unpaired) electrons. The highest BCUT2D eigenvalue weighted by Gasteiger charge is 2.41. The maximum absolute atomic E-state index is 12.8. The first kappa shape index (κ1) is 17.4. The number of hydrogen-bond acceptors (Lipinski definition) is 6. The molecule has 0 aromatic carbocycles. The van der Waals surface area contributed by atoms with Gasteiger partial charge in [-0.1, -0.05) is 6.42 Å². The predicted molar refractivity (Wildman–Crippen MR) is 101 cm³/mol. The average Bonchev–Trinajstić information content (AvgIpc) is 3.51. The maximum Gasteiger partial charge on any atom is 0.266 e. The number of piperazine rings is 1. The van der Waals surface area contributed by atoms with Gasteiger partial charge in [0.05, 0.1) is 6.26 Å². The van der Waals surface area contributed by atoms with Crippen molar-refractivity contribution in [1.29, 1.82) is 5.26 Å². The maximum atomic E-state index is 12.8. The first-order chi connectivity index (χ1) is 13.7. The fourth-order valence-corrected chi connectivity index (χ4v) is 5.24. The number of fused-ring (bicyclic) bond motifs is 2. The first-order valence-corrected chi connectivity index (χ1v) is 10.2. The summed E-state index contributed by atoms with van der Waals surface area (Å²) < 4.78 is 11.1. The van der Waals surface area contributed by atoms with E-state index in [-0.39, 0.29) is 11.6 Å². The Kier molecular flexibility index (Phi) is 4.34. The second-order valence-electron chi connectivity index (χ2n) is 8.27. The van der Waals surface area contributed by atoms with Crippen molar-refractivity contribution in [1.82, 2.24) is 9.88 Å². The molecule has 3 aliphatic rings. The van der Waals surface area contributed by atoms with Gasteiger partial charge in [-0.3, -0.25) is 4.79 Å². The predicted octanol–water partition coefficient (Wildman–Crippen LogP) is 3.28. The number of carbonyl (C=O) groups excluding carboxylic acids is 1. The molecule has 2 saturated carbocycles. The third-order valence-electron chi connectivity index (χ3n) is 6.69. The number of hydrogen-bond donors (Lipinski definition) is 0. The summed E-state index contributed by atoms with van der Waals surface area (Å²) in [6, 6.07) is 5.61. The van der Waals surface area contributed by atoms with Gasteiger partial charge >= 0.3 is 0 Å². The topological polar surface area (TPSA) is 86.5 Å². The van der Waals surface area contributed by atoms with Crippen LogP contribution in [0.1, 0.15) is 37.8 Å². The van der Waals surface area contributed by atoms with Gasteiger partial charge in [-0.15, -0.1) is 0 Å². The van der Waals surface area contributed by atoms with Gasteiger partial charge in [-0.25, -0.2) is 0 Å². The van der Waals surface area contributed by atoms with E-state index < -0.39 is 0 Å². The Balaban J connectivity index is 1.21. The highest BCUT2D eigenvalue weighted by Crippen LogP contribution is 2.49. The van der Waals surface area contributed by atoms with E-state index in [0.29, 0.717) is 56.1 Å². The highest BCUT2D eigenvalue weighted by molar-refractivity contribution is 5.77. The molecule has 2 aromatic heterocycles. The first-order valence-electron chi connectivity index (χ1n) is 10.2. The van der Waals surface area contributed by atoms with Gasteiger partial charge in [0.2, 0.25) is 17.5 Å². The Bertz CT molecular complexity index is 889. The zero-order chi connectivity index (χ0) is 19.1. The van der Waals surface area contributed by atoms with Crippen LogP contribution in [0.3, 0.4) is 0 Å². The summed E-state index contributed by atoms with van der Waals surface area (Å²) in [4.78, 5) is 21.0. The van der Waals surface area contributed by atoms with Crippen molar-refractivity contribution < 1.29 is 13.6 Å². The number of carbonyl (C=O) groups is 1. The number of amides is 1. The fourth-order valence-electron chi connectivity index (χ4n) is 5.24. The minimum atomic E-state index is 0.258. The Hall–Kier alpha value is -2.75. The average molecular weight is 380 g/mol. The van der Waals surface area contributed by atoms with Gasteiger partial charge in [0.15, 0.2) is 5.76 Å². The zero-order valence-corrected chi connectivity index (χ0v) is 15.8. The Morgan fingerprint density at radius 1 is 1.25 bits per heavy atom. The van der Waals surface area contributed by atoms with Crippen LogP contribution in [0.4, 0.5) is 5.88 Å². The lowest BCUT2D eigenvalue weighted by Gasteiger charge is -2.35. The molecule has 7 heteroatoms. The number of rotatable bonds is 4. The zero-order valence-electron chi connectivity index (χ0n) is 15.8. The van der Waals surface area contributed by atoms with E-state index in [1.165, 1.54) is 25.7 Å². The van der Waals surface area contributed by atoms with Crippen molar-refractivity contribution in [2.75, 3.05) is 31.1 Å². The lowest BCUT2D eigenvalue weighted by molar-refractivity contribution is -0.132. The van der Waals surface area contributed by atoms with Crippen LogP contribution in [0.5, 0.6) is 0 Å². The fraction of sp³-hybridized carbons (Fsp3) is 0.571. The van der Waals surface area contributed by atoms with Gasteiger partial charge in [0, 0.05) is 32.6 Å². The minimum absolute atomic E-state index is 0.258. The van der Waals surface area contributed by atoms with Crippen LogP contribution in [-0.2, 0) is 4.79 Å². The minimum Gasteiger partial charge on any atom is -0.459 e. The summed E-state index contributed by atoms with van der Waals surface area (Å²) in [7, 11) is 0. The van der Waals surface area contributed by atoms with Crippen LogP contribution in [-0.4, -0.2) is 42.0 Å². The summed E-state index contributed by atoms with van der Waals surface area (Å²) in [5.74, 6) is 3.82. The Morgan fingerprint density at radius 2 is 2.11 bits per heavy atom. The normalized spacial score (nSPS) is 26.6. The van der Waals surface area contributed by atoms with E-state index in [9.17, 15) is 10.1 Å². The van der Waals surface area contributed by atoms with Crippen molar-refractivity contribution in [2.45, 2.75) is 32.1 Å². The van der Waals surface area contributed by atoms with Gasteiger partial charge in [-0.2, -0.15) is 10.2 Å². The van der Waals surface area contributed by atoms with E-state index in [1.54, 1.807) is 18.4 Å². The molecule has 3 unspecified atom stereocenters. The molecule has 2 bridgehead atoms. The van der Waals surface area contributed by atoms with Crippen LogP contribution < -0.4 is 4.90 Å². The van der Waals surface area contributed by atoms with Crippen LogP contribution in [0.15, 0.2) is 27.2 Å². The number of oxazole rings is 1. The number of anilines is 1. The number of nitriles is 1. The highest BCUT2D eigenvalue weighted by atomic mass is 16.4. The number of aromatic nitrogens is 1. The molecule has 7 nitrogen and oxygen atoms in total. The molecule has 146 valence electrons. The molecule has 1 saturated heterocycles. The van der Waals surface area contributed by atoms with Crippen molar-refractivity contribution in [3.63, 3.8) is 0 Å². The van der Waals surface area contributed by atoms with E-state index in [0.717, 1.165) is 11.8 Å².